The number of hydrogen-bond donors (Lipinski definition) is 2. The molecule has 1 aromatic carbocycles. The summed E-state index contributed by atoms with van der Waals surface area (Å²) in [4.78, 5) is 23.3. The van der Waals surface area contributed by atoms with Crippen molar-refractivity contribution < 1.29 is 18.0 Å². The third-order valence-corrected chi connectivity index (χ3v) is 5.55. The van der Waals surface area contributed by atoms with Crippen LogP contribution in [0.5, 0.6) is 0 Å². The molecule has 0 unspecified atom stereocenters. The number of rotatable bonds is 5. The predicted molar refractivity (Wildman–Crippen MR) is 123 cm³/mol. The summed E-state index contributed by atoms with van der Waals surface area (Å²) >= 11 is 0. The first-order chi connectivity index (χ1) is 15.3. The van der Waals surface area contributed by atoms with E-state index in [9.17, 15) is 18.0 Å². The molecule has 0 amide bonds. The van der Waals surface area contributed by atoms with Gasteiger partial charge >= 0.3 is 0 Å². The van der Waals surface area contributed by atoms with Crippen molar-refractivity contribution >= 4 is 17.2 Å². The van der Waals surface area contributed by atoms with Gasteiger partial charge in [-0.05, 0) is 36.8 Å². The summed E-state index contributed by atoms with van der Waals surface area (Å²) in [5.41, 5.74) is 12.8. The van der Waals surface area contributed by atoms with Crippen LogP contribution >= 0.6 is 0 Å². The minimum atomic E-state index is -1.07. The first-order valence-corrected chi connectivity index (χ1v) is 10.2. The highest BCUT2D eigenvalue weighted by Gasteiger charge is 2.28. The lowest BCUT2D eigenvalue weighted by atomic mass is 10.0. The van der Waals surface area contributed by atoms with Gasteiger partial charge in [-0.3, -0.25) is 9.78 Å². The van der Waals surface area contributed by atoms with Crippen molar-refractivity contribution in [2.75, 3.05) is 23.7 Å². The Morgan fingerprint density at radius 1 is 1.15 bits per heavy atom. The maximum atomic E-state index is 14.2. The number of nitrogens with two attached hydrogens (primary N) is 2. The highest BCUT2D eigenvalue weighted by atomic mass is 19.1. The molecule has 2 atom stereocenters. The van der Waals surface area contributed by atoms with E-state index in [0.29, 0.717) is 25.1 Å². The fourth-order valence-electron chi connectivity index (χ4n) is 3.87. The van der Waals surface area contributed by atoms with E-state index < -0.39 is 29.6 Å². The van der Waals surface area contributed by atoms with Crippen LogP contribution < -0.4 is 16.4 Å². The topological polar surface area (TPSA) is 98.1 Å². The molecular formula is C24H26F3N5O. The summed E-state index contributed by atoms with van der Waals surface area (Å²) in [7, 11) is 0. The quantitative estimate of drug-likeness (QED) is 0.563. The fourth-order valence-corrected chi connectivity index (χ4v) is 3.87. The fraction of sp³-hybridized carbons (Fsp3) is 0.292. The Kier molecular flexibility index (Phi) is 7.33. The molecule has 33 heavy (non-hydrogen) atoms. The molecule has 174 valence electrons. The summed E-state index contributed by atoms with van der Waals surface area (Å²) in [6.45, 7) is 0.775. The lowest BCUT2D eigenvalue weighted by Gasteiger charge is -2.35. The van der Waals surface area contributed by atoms with Crippen LogP contribution in [0.2, 0.25) is 0 Å². The van der Waals surface area contributed by atoms with E-state index in [1.807, 2.05) is 4.90 Å². The number of ketones is 1. The molecule has 0 spiro atoms. The van der Waals surface area contributed by atoms with E-state index in [4.69, 9.17) is 11.5 Å². The average molecular weight is 458 g/mol. The summed E-state index contributed by atoms with van der Waals surface area (Å²) < 4.78 is 42.2. The van der Waals surface area contributed by atoms with Crippen molar-refractivity contribution in [2.45, 2.75) is 32.5 Å². The van der Waals surface area contributed by atoms with Gasteiger partial charge in [0.1, 0.15) is 23.5 Å². The first kappa shape index (κ1) is 24.2. The van der Waals surface area contributed by atoms with Crippen LogP contribution in [-0.2, 0) is 6.42 Å². The lowest BCUT2D eigenvalue weighted by molar-refractivity contribution is 0.0989. The molecule has 1 aliphatic rings. The predicted octanol–water partition coefficient (Wildman–Crippen LogP) is 3.94. The van der Waals surface area contributed by atoms with Gasteiger partial charge in [-0.15, -0.1) is 0 Å². The van der Waals surface area contributed by atoms with E-state index in [0.717, 1.165) is 17.8 Å². The van der Waals surface area contributed by atoms with Crippen LogP contribution in [0.1, 0.15) is 29.9 Å². The van der Waals surface area contributed by atoms with Crippen molar-refractivity contribution in [1.29, 1.82) is 0 Å². The third kappa shape index (κ3) is 4.98. The number of nitrogen functional groups attached to an aromatic ring is 1. The molecule has 3 aromatic rings. The number of carbonyl (C=O) groups excluding carboxylic acids is 1. The Morgan fingerprint density at radius 3 is 2.58 bits per heavy atom. The number of aromatic nitrogens is 2. The molecule has 0 aliphatic carbocycles. The van der Waals surface area contributed by atoms with Crippen LogP contribution in [0.3, 0.4) is 0 Å². The second-order valence-corrected chi connectivity index (χ2v) is 7.75. The Morgan fingerprint density at radius 2 is 1.88 bits per heavy atom. The molecule has 4 rings (SSSR count). The average Bonchev–Trinajstić information content (AvgIpc) is 2.77. The molecular weight excluding hydrogens is 431 g/mol. The van der Waals surface area contributed by atoms with Crippen molar-refractivity contribution in [2.24, 2.45) is 5.73 Å². The van der Waals surface area contributed by atoms with E-state index in [1.54, 1.807) is 18.5 Å². The van der Waals surface area contributed by atoms with Crippen LogP contribution in [0.25, 0.3) is 11.3 Å². The molecule has 0 bridgehead atoms. The number of benzene rings is 1. The SMILES string of the molecule is C.Nc1ccc(-c2c(F)cccc2F)nc1C(=O)Cc1cnccc1N1CC[C@@H](F)[C@H](N)C1. The maximum Gasteiger partial charge on any atom is 0.187 e. The van der Waals surface area contributed by atoms with Gasteiger partial charge < -0.3 is 16.4 Å². The standard InChI is InChI=1S/C23H22F3N5O.CH4/c24-14-7-9-31(12-18(14)28)20-6-8-29-11-13(20)10-21(32)23-17(27)4-5-19(30-23)22-15(25)2-1-3-16(22)26;/h1-6,8,11,14,18H,7,9-10,12,27-28H2;1H4/t14-,18-;/m1./s1. The molecule has 4 N–H and O–H groups in total. The minimum Gasteiger partial charge on any atom is -0.397 e. The van der Waals surface area contributed by atoms with Crippen molar-refractivity contribution in [3.8, 4) is 11.3 Å². The summed E-state index contributed by atoms with van der Waals surface area (Å²) in [5, 5.41) is 0. The van der Waals surface area contributed by atoms with Crippen molar-refractivity contribution in [3.05, 3.63) is 71.7 Å². The number of anilines is 2. The summed E-state index contributed by atoms with van der Waals surface area (Å²) in [5.74, 6) is -2.01. The number of nitrogens with zero attached hydrogens (tertiary/aromatic N) is 3. The van der Waals surface area contributed by atoms with Gasteiger partial charge in [0.05, 0.1) is 23.0 Å². The largest absolute Gasteiger partial charge is 0.397 e. The van der Waals surface area contributed by atoms with Crippen molar-refractivity contribution in [1.82, 2.24) is 9.97 Å². The zero-order valence-corrected chi connectivity index (χ0v) is 17.1. The van der Waals surface area contributed by atoms with Crippen molar-refractivity contribution in [3.63, 3.8) is 0 Å². The molecule has 6 nitrogen and oxygen atoms in total. The van der Waals surface area contributed by atoms with E-state index in [2.05, 4.69) is 9.97 Å². The van der Waals surface area contributed by atoms with Gasteiger partial charge in [0.2, 0.25) is 0 Å². The Labute approximate surface area is 190 Å². The molecule has 3 heterocycles. The van der Waals surface area contributed by atoms with Gasteiger partial charge in [-0.2, -0.15) is 0 Å². The number of Topliss-reactive ketones (excluding diaryl/α,β-unsaturated/α-hetero) is 1. The first-order valence-electron chi connectivity index (χ1n) is 10.2. The number of hydrogen-bond acceptors (Lipinski definition) is 6. The lowest BCUT2D eigenvalue weighted by Crippen LogP contribution is -2.50. The molecule has 0 radical (unpaired) electrons. The van der Waals surface area contributed by atoms with Crippen LogP contribution in [0, 0.1) is 11.6 Å². The number of piperidine rings is 1. The zero-order chi connectivity index (χ0) is 22.8. The van der Waals surface area contributed by atoms with Gasteiger partial charge in [0, 0.05) is 43.2 Å². The monoisotopic (exact) mass is 457 g/mol. The number of carbonyl (C=O) groups is 1. The molecule has 1 fully saturated rings. The second kappa shape index (κ2) is 9.99. The number of pyridine rings is 2. The summed E-state index contributed by atoms with van der Waals surface area (Å²) in [6.07, 6.45) is 2.28. The molecule has 0 saturated carbocycles. The highest BCUT2D eigenvalue weighted by Crippen LogP contribution is 2.28. The Hall–Kier alpha value is -3.46. The third-order valence-electron chi connectivity index (χ3n) is 5.55. The Bertz CT molecular complexity index is 1140. The number of alkyl halides is 1. The molecule has 1 aliphatic heterocycles. The Balaban J connectivity index is 0.00000306. The molecule has 9 heteroatoms. The van der Waals surface area contributed by atoms with E-state index >= 15 is 0 Å². The van der Waals surface area contributed by atoms with Gasteiger partial charge in [-0.25, -0.2) is 18.2 Å². The molecule has 1 saturated heterocycles. The van der Waals surface area contributed by atoms with Gasteiger partial charge in [0.15, 0.2) is 5.78 Å². The zero-order valence-electron chi connectivity index (χ0n) is 17.1. The maximum absolute atomic E-state index is 14.2. The van der Waals surface area contributed by atoms with Crippen LogP contribution in [0.15, 0.2) is 48.8 Å². The van der Waals surface area contributed by atoms with E-state index in [1.165, 1.54) is 18.2 Å². The molecule has 2 aromatic heterocycles. The van der Waals surface area contributed by atoms with Gasteiger partial charge in [0.25, 0.3) is 0 Å². The van der Waals surface area contributed by atoms with Crippen LogP contribution in [0.4, 0.5) is 24.5 Å². The summed E-state index contributed by atoms with van der Waals surface area (Å²) in [6, 6.07) is 7.37. The minimum absolute atomic E-state index is 0. The number of halogens is 3. The van der Waals surface area contributed by atoms with Gasteiger partial charge in [-0.1, -0.05) is 13.5 Å². The second-order valence-electron chi connectivity index (χ2n) is 7.75. The van der Waals surface area contributed by atoms with E-state index in [-0.39, 0.29) is 36.5 Å². The van der Waals surface area contributed by atoms with Crippen LogP contribution in [-0.4, -0.2) is 41.1 Å². The normalized spacial score (nSPS) is 18.0. The smallest absolute Gasteiger partial charge is 0.187 e. The highest BCUT2D eigenvalue weighted by molar-refractivity contribution is 6.01.